The molecule has 0 aliphatic rings. The van der Waals surface area contributed by atoms with Crippen LogP contribution in [0.15, 0.2) is 48.5 Å². The molecule has 0 atom stereocenters. The van der Waals surface area contributed by atoms with Crippen molar-refractivity contribution in [3.8, 4) is 11.5 Å². The Bertz CT molecular complexity index is 709. The number of aliphatic hydroxyl groups is 2. The van der Waals surface area contributed by atoms with E-state index in [-0.39, 0.29) is 23.7 Å². The Kier molecular flexibility index (Phi) is 14.7. The molecule has 0 aromatic heterocycles. The maximum Gasteiger partial charge on any atom is 0.269 e. The Morgan fingerprint density at radius 3 is 1.62 bits per heavy atom. The van der Waals surface area contributed by atoms with E-state index in [9.17, 15) is 20.2 Å². The molecule has 3 N–H and O–H groups in total. The summed E-state index contributed by atoms with van der Waals surface area (Å²) in [6, 6.07) is 10.9. The summed E-state index contributed by atoms with van der Waals surface area (Å²) in [5.41, 5.74) is 0.0253. The van der Waals surface area contributed by atoms with Crippen molar-refractivity contribution in [1.29, 1.82) is 0 Å². The van der Waals surface area contributed by atoms with Crippen molar-refractivity contribution in [2.75, 3.05) is 25.2 Å². The van der Waals surface area contributed by atoms with Gasteiger partial charge in [0, 0.05) is 49.2 Å². The van der Waals surface area contributed by atoms with Crippen LogP contribution in [0.5, 0.6) is 11.5 Å². The molecule has 0 fully saturated rings. The lowest BCUT2D eigenvalue weighted by Crippen LogP contribution is -1.99. The van der Waals surface area contributed by atoms with Crippen LogP contribution in [0.3, 0.4) is 0 Å². The average molecular weight is 475 g/mol. The van der Waals surface area contributed by atoms with Crippen LogP contribution in [0.25, 0.3) is 0 Å². The molecule has 29 heavy (non-hydrogen) atoms. The molecule has 0 aliphatic heterocycles. The quantitative estimate of drug-likeness (QED) is 0.227. The lowest BCUT2D eigenvalue weighted by atomic mass is 10.3. The van der Waals surface area contributed by atoms with Gasteiger partial charge in [0.15, 0.2) is 0 Å². The van der Waals surface area contributed by atoms with Crippen molar-refractivity contribution in [3.05, 3.63) is 68.8 Å². The van der Waals surface area contributed by atoms with Crippen molar-refractivity contribution in [3.63, 3.8) is 0 Å². The fourth-order valence-electron chi connectivity index (χ4n) is 1.55. The predicted molar refractivity (Wildman–Crippen MR) is 111 cm³/mol. The highest BCUT2D eigenvalue weighted by molar-refractivity contribution is 9.09. The number of alkyl halides is 1. The van der Waals surface area contributed by atoms with Gasteiger partial charge in [-0.2, -0.15) is 0 Å². The number of non-ortho nitro benzene ring substituents is 2. The van der Waals surface area contributed by atoms with E-state index in [0.29, 0.717) is 25.4 Å². The molecule has 160 valence electrons. The molecule has 0 heterocycles. The van der Waals surface area contributed by atoms with Crippen LogP contribution in [0.4, 0.5) is 11.4 Å². The van der Waals surface area contributed by atoms with E-state index in [4.69, 9.17) is 20.1 Å². The van der Waals surface area contributed by atoms with E-state index < -0.39 is 9.85 Å². The van der Waals surface area contributed by atoms with Gasteiger partial charge < -0.3 is 20.1 Å². The molecule has 2 rings (SSSR count). The first-order valence-corrected chi connectivity index (χ1v) is 9.56. The summed E-state index contributed by atoms with van der Waals surface area (Å²) in [4.78, 5) is 19.4. The van der Waals surface area contributed by atoms with Crippen molar-refractivity contribution in [2.24, 2.45) is 0 Å². The summed E-state index contributed by atoms with van der Waals surface area (Å²) in [6.45, 7) is 0.784. The monoisotopic (exact) mass is 474 g/mol. The van der Waals surface area contributed by atoms with E-state index in [0.717, 1.165) is 11.8 Å². The lowest BCUT2D eigenvalue weighted by molar-refractivity contribution is -0.385. The first-order chi connectivity index (χ1) is 13.8. The van der Waals surface area contributed by atoms with Gasteiger partial charge in [-0.3, -0.25) is 20.2 Å². The minimum absolute atomic E-state index is 0.0159. The number of hydrogen-bond donors (Lipinski definition) is 3. The van der Waals surface area contributed by atoms with Crippen molar-refractivity contribution in [1.82, 2.24) is 0 Å². The molecule has 0 unspecified atom stereocenters. The Morgan fingerprint density at radius 1 is 0.828 bits per heavy atom. The summed E-state index contributed by atoms with van der Waals surface area (Å²) < 4.78 is 5.20. The first-order valence-electron chi connectivity index (χ1n) is 8.44. The summed E-state index contributed by atoms with van der Waals surface area (Å²) >= 11 is 3.15. The Hall–Kier alpha value is -2.76. The minimum atomic E-state index is -0.514. The van der Waals surface area contributed by atoms with Crippen LogP contribution in [-0.4, -0.2) is 50.3 Å². The highest BCUT2D eigenvalue weighted by Crippen LogP contribution is 2.17. The lowest BCUT2D eigenvalue weighted by Gasteiger charge is -2.03. The van der Waals surface area contributed by atoms with Gasteiger partial charge in [0.05, 0.1) is 16.5 Å². The van der Waals surface area contributed by atoms with E-state index >= 15 is 0 Å². The summed E-state index contributed by atoms with van der Waals surface area (Å²) in [5, 5.41) is 46.5. The van der Waals surface area contributed by atoms with Crippen LogP contribution >= 0.6 is 15.9 Å². The molecular formula is C18H23BrN2O8. The third kappa shape index (κ3) is 13.1. The van der Waals surface area contributed by atoms with Gasteiger partial charge in [-0.25, -0.2) is 0 Å². The fraction of sp³-hybridized carbons (Fsp3) is 0.333. The molecule has 0 spiro atoms. The number of aromatic hydroxyl groups is 1. The van der Waals surface area contributed by atoms with Gasteiger partial charge >= 0.3 is 0 Å². The zero-order valence-corrected chi connectivity index (χ0v) is 17.1. The zero-order chi connectivity index (χ0) is 22.1. The number of aliphatic hydroxyl groups excluding tert-OH is 2. The second kappa shape index (κ2) is 16.2. The van der Waals surface area contributed by atoms with Crippen LogP contribution in [0.2, 0.25) is 0 Å². The molecule has 2 aromatic carbocycles. The van der Waals surface area contributed by atoms with E-state index in [2.05, 4.69) is 15.9 Å². The van der Waals surface area contributed by atoms with E-state index in [1.807, 2.05) is 0 Å². The third-order valence-corrected chi connectivity index (χ3v) is 3.53. The van der Waals surface area contributed by atoms with Gasteiger partial charge in [-0.15, -0.1) is 0 Å². The standard InChI is InChI=1S/C9H11NO4.C6H5NO3.C3H7BrO/c11-6-1-7-14-9-4-2-8(3-5-9)10(12)13;8-6-3-1-5(2-4-6)7(9)10;4-2-1-3-5/h2-5,11H,1,6-7H2;1-4,8H;5H,1-3H2. The second-order valence-corrected chi connectivity index (χ2v) is 6.01. The Balaban J connectivity index is 0.000000455. The predicted octanol–water partition coefficient (Wildman–Crippen LogP) is 3.42. The Labute approximate surface area is 175 Å². The number of rotatable bonds is 8. The van der Waals surface area contributed by atoms with Gasteiger partial charge in [0.1, 0.15) is 11.5 Å². The first kappa shape index (κ1) is 26.2. The highest BCUT2D eigenvalue weighted by atomic mass is 79.9. The van der Waals surface area contributed by atoms with E-state index in [1.54, 1.807) is 0 Å². The molecule has 0 saturated carbocycles. The topological polar surface area (TPSA) is 156 Å². The molecule has 0 aliphatic carbocycles. The van der Waals surface area contributed by atoms with Gasteiger partial charge in [-0.1, -0.05) is 15.9 Å². The molecule has 0 radical (unpaired) electrons. The molecule has 0 saturated heterocycles. The molecule has 10 nitrogen and oxygen atoms in total. The van der Waals surface area contributed by atoms with Crippen molar-refractivity contribution >= 4 is 27.3 Å². The summed E-state index contributed by atoms with van der Waals surface area (Å²) in [5.74, 6) is 0.606. The largest absolute Gasteiger partial charge is 0.508 e. The number of nitro benzene ring substituents is 2. The molecule has 0 bridgehead atoms. The maximum absolute atomic E-state index is 10.3. The van der Waals surface area contributed by atoms with Gasteiger partial charge in [0.25, 0.3) is 11.4 Å². The number of hydrogen-bond acceptors (Lipinski definition) is 8. The number of nitrogens with zero attached hydrogens (tertiary/aromatic N) is 2. The van der Waals surface area contributed by atoms with Crippen LogP contribution in [0, 0.1) is 20.2 Å². The SMILES string of the molecule is O=[N+]([O-])c1ccc(O)cc1.O=[N+]([O-])c1ccc(OCCCO)cc1.OCCCBr. The summed E-state index contributed by atoms with van der Waals surface area (Å²) in [6.07, 6.45) is 1.41. The van der Waals surface area contributed by atoms with Crippen molar-refractivity contribution < 1.29 is 29.9 Å². The third-order valence-electron chi connectivity index (χ3n) is 2.97. The zero-order valence-electron chi connectivity index (χ0n) is 15.5. The van der Waals surface area contributed by atoms with Crippen LogP contribution in [0.1, 0.15) is 12.8 Å². The number of phenolic OH excluding ortho intramolecular Hbond substituents is 1. The molecular weight excluding hydrogens is 452 g/mol. The number of nitro groups is 2. The number of halogens is 1. The van der Waals surface area contributed by atoms with Gasteiger partial charge in [0.2, 0.25) is 0 Å². The van der Waals surface area contributed by atoms with Crippen molar-refractivity contribution in [2.45, 2.75) is 12.8 Å². The average Bonchev–Trinajstić information content (AvgIpc) is 2.70. The normalized spacial score (nSPS) is 9.34. The van der Waals surface area contributed by atoms with Gasteiger partial charge in [-0.05, 0) is 30.7 Å². The maximum atomic E-state index is 10.3. The molecule has 0 amide bonds. The molecule has 11 heteroatoms. The highest BCUT2D eigenvalue weighted by Gasteiger charge is 2.03. The summed E-state index contributed by atoms with van der Waals surface area (Å²) in [7, 11) is 0. The number of benzene rings is 2. The van der Waals surface area contributed by atoms with Crippen LogP contribution in [-0.2, 0) is 0 Å². The number of ether oxygens (including phenoxy) is 1. The fourth-order valence-corrected chi connectivity index (χ4v) is 1.80. The number of phenols is 1. The molecule has 2 aromatic rings. The smallest absolute Gasteiger partial charge is 0.269 e. The minimum Gasteiger partial charge on any atom is -0.508 e. The Morgan fingerprint density at radius 2 is 1.28 bits per heavy atom. The van der Waals surface area contributed by atoms with E-state index in [1.165, 1.54) is 48.5 Å². The van der Waals surface area contributed by atoms with Crippen LogP contribution < -0.4 is 4.74 Å². The second-order valence-electron chi connectivity index (χ2n) is 5.22.